The molecule has 1 heterocycles. The topological polar surface area (TPSA) is 60.9 Å². The quantitative estimate of drug-likeness (QED) is 0.699. The fourth-order valence-corrected chi connectivity index (χ4v) is 4.91. The molecular weight excluding hydrogens is 410 g/mol. The van der Waals surface area contributed by atoms with Crippen LogP contribution in [0.5, 0.6) is 0 Å². The first-order valence-electron chi connectivity index (χ1n) is 9.67. The first-order valence-corrected chi connectivity index (χ1v) is 11.5. The van der Waals surface area contributed by atoms with Crippen LogP contribution >= 0.6 is 11.6 Å². The Morgan fingerprint density at radius 2 is 1.72 bits per heavy atom. The van der Waals surface area contributed by atoms with Gasteiger partial charge in [0.1, 0.15) is 6.54 Å². The predicted molar refractivity (Wildman–Crippen MR) is 116 cm³/mol. The number of halogens is 1. The van der Waals surface area contributed by atoms with Crippen LogP contribution in [0.2, 0.25) is 5.02 Å². The summed E-state index contributed by atoms with van der Waals surface area (Å²) < 4.78 is 27.9. The summed E-state index contributed by atoms with van der Waals surface area (Å²) >= 11 is 6.25. The largest absolute Gasteiger partial charge is 0.339 e. The highest BCUT2D eigenvalue weighted by Crippen LogP contribution is 2.28. The number of hydrogen-bond donors (Lipinski definition) is 0. The number of rotatable bonds is 6. The molecule has 0 atom stereocenters. The number of aryl methyl sites for hydroxylation is 1. The Kier molecular flexibility index (Phi) is 6.82. The monoisotopic (exact) mass is 435 g/mol. The van der Waals surface area contributed by atoms with E-state index in [-0.39, 0.29) is 17.3 Å². The fraction of sp³-hybridized carbons (Fsp3) is 0.381. The van der Waals surface area contributed by atoms with Gasteiger partial charge in [0.25, 0.3) is 10.0 Å². The van der Waals surface area contributed by atoms with E-state index in [1.54, 1.807) is 41.3 Å². The van der Waals surface area contributed by atoms with Crippen molar-refractivity contribution in [3.05, 3.63) is 59.1 Å². The average Bonchev–Trinajstić information content (AvgIpc) is 2.74. The van der Waals surface area contributed by atoms with E-state index in [2.05, 4.69) is 11.8 Å². The van der Waals surface area contributed by atoms with Gasteiger partial charge in [-0.25, -0.2) is 8.42 Å². The summed E-state index contributed by atoms with van der Waals surface area (Å²) in [6, 6.07) is 13.2. The van der Waals surface area contributed by atoms with Crippen molar-refractivity contribution in [3.63, 3.8) is 0 Å². The van der Waals surface area contributed by atoms with Crippen LogP contribution in [-0.2, 0) is 14.8 Å². The summed E-state index contributed by atoms with van der Waals surface area (Å²) in [6.07, 6.45) is 0. The second kappa shape index (κ2) is 9.15. The van der Waals surface area contributed by atoms with Crippen LogP contribution in [0, 0.1) is 6.92 Å². The minimum absolute atomic E-state index is 0.139. The Morgan fingerprint density at radius 3 is 2.31 bits per heavy atom. The molecule has 3 rings (SSSR count). The van der Waals surface area contributed by atoms with Crippen molar-refractivity contribution in [1.82, 2.24) is 9.80 Å². The predicted octanol–water partition coefficient (Wildman–Crippen LogP) is 3.01. The molecule has 2 aromatic rings. The van der Waals surface area contributed by atoms with E-state index in [1.165, 1.54) is 12.1 Å². The summed E-state index contributed by atoms with van der Waals surface area (Å²) in [7, 11) is -3.92. The lowest BCUT2D eigenvalue weighted by Crippen LogP contribution is -2.51. The van der Waals surface area contributed by atoms with Crippen molar-refractivity contribution >= 4 is 33.2 Å². The summed E-state index contributed by atoms with van der Waals surface area (Å²) in [5.41, 5.74) is 1.22. The molecule has 8 heteroatoms. The summed E-state index contributed by atoms with van der Waals surface area (Å²) in [5.74, 6) is -0.211. The van der Waals surface area contributed by atoms with Crippen LogP contribution in [-0.4, -0.2) is 63.4 Å². The van der Waals surface area contributed by atoms with Crippen molar-refractivity contribution in [2.75, 3.05) is 43.6 Å². The molecule has 1 aliphatic rings. The third-order valence-electron chi connectivity index (χ3n) is 5.23. The molecule has 0 unspecified atom stereocenters. The molecule has 0 aromatic heterocycles. The molecule has 6 nitrogen and oxygen atoms in total. The molecule has 1 aliphatic heterocycles. The lowest BCUT2D eigenvalue weighted by atomic mass is 10.2. The van der Waals surface area contributed by atoms with Gasteiger partial charge >= 0.3 is 0 Å². The summed E-state index contributed by atoms with van der Waals surface area (Å²) in [6.45, 7) is 7.41. The van der Waals surface area contributed by atoms with Crippen LogP contribution in [0.15, 0.2) is 53.4 Å². The van der Waals surface area contributed by atoms with Gasteiger partial charge in [-0.15, -0.1) is 0 Å². The number of nitrogens with zero attached hydrogens (tertiary/aromatic N) is 3. The minimum Gasteiger partial charge on any atom is -0.339 e. The number of amides is 1. The molecule has 29 heavy (non-hydrogen) atoms. The maximum atomic E-state index is 13.3. The van der Waals surface area contributed by atoms with Gasteiger partial charge in [-0.2, -0.15) is 0 Å². The molecule has 1 saturated heterocycles. The molecule has 0 spiro atoms. The second-order valence-corrected chi connectivity index (χ2v) is 9.34. The van der Waals surface area contributed by atoms with E-state index in [1.807, 2.05) is 6.92 Å². The average molecular weight is 436 g/mol. The maximum Gasteiger partial charge on any atom is 0.264 e. The van der Waals surface area contributed by atoms with Crippen LogP contribution in [0.3, 0.4) is 0 Å². The highest BCUT2D eigenvalue weighted by Gasteiger charge is 2.30. The van der Waals surface area contributed by atoms with Crippen molar-refractivity contribution < 1.29 is 13.2 Å². The highest BCUT2D eigenvalue weighted by molar-refractivity contribution is 7.92. The van der Waals surface area contributed by atoms with E-state index < -0.39 is 10.0 Å². The van der Waals surface area contributed by atoms with Gasteiger partial charge in [-0.3, -0.25) is 9.10 Å². The van der Waals surface area contributed by atoms with Crippen LogP contribution in [0.4, 0.5) is 5.69 Å². The molecule has 2 aromatic carbocycles. The molecule has 1 amide bonds. The van der Waals surface area contributed by atoms with E-state index in [4.69, 9.17) is 11.6 Å². The van der Waals surface area contributed by atoms with Gasteiger partial charge in [-0.05, 0) is 43.3 Å². The lowest BCUT2D eigenvalue weighted by Gasteiger charge is -2.35. The van der Waals surface area contributed by atoms with Gasteiger partial charge in [0.15, 0.2) is 0 Å². The number of carbonyl (C=O) groups is 1. The van der Waals surface area contributed by atoms with Gasteiger partial charge in [-0.1, -0.05) is 42.8 Å². The summed E-state index contributed by atoms with van der Waals surface area (Å²) in [4.78, 5) is 17.1. The highest BCUT2D eigenvalue weighted by atomic mass is 35.5. The normalized spacial score (nSPS) is 15.3. The number of hydrogen-bond acceptors (Lipinski definition) is 4. The lowest BCUT2D eigenvalue weighted by molar-refractivity contribution is -0.131. The molecule has 156 valence electrons. The molecule has 0 bridgehead atoms. The standard InChI is InChI=1S/C21H26ClN3O3S/c1-3-23-11-13-24(14-12-23)21(26)16-25(18-10-9-17(2)20(22)15-18)29(27,28)19-7-5-4-6-8-19/h4-10,15H,3,11-14,16H2,1-2H3. The molecule has 0 aliphatic carbocycles. The van der Waals surface area contributed by atoms with Gasteiger partial charge in [0.05, 0.1) is 10.6 Å². The number of sulfonamides is 1. The zero-order chi connectivity index (χ0) is 21.0. The SMILES string of the molecule is CCN1CCN(C(=O)CN(c2ccc(C)c(Cl)c2)S(=O)(=O)c2ccccc2)CC1. The van der Waals surface area contributed by atoms with Crippen molar-refractivity contribution in [2.45, 2.75) is 18.7 Å². The number of benzene rings is 2. The molecular formula is C21H26ClN3O3S. The van der Waals surface area contributed by atoms with Crippen molar-refractivity contribution in [2.24, 2.45) is 0 Å². The Morgan fingerprint density at radius 1 is 1.07 bits per heavy atom. The number of anilines is 1. The molecule has 0 radical (unpaired) electrons. The zero-order valence-corrected chi connectivity index (χ0v) is 18.3. The Hall–Kier alpha value is -2.09. The van der Waals surface area contributed by atoms with Crippen LogP contribution in [0.1, 0.15) is 12.5 Å². The van der Waals surface area contributed by atoms with Gasteiger partial charge in [0, 0.05) is 31.2 Å². The van der Waals surface area contributed by atoms with E-state index in [0.717, 1.165) is 29.5 Å². The molecule has 0 N–H and O–H groups in total. The Labute approximate surface area is 177 Å². The van der Waals surface area contributed by atoms with Crippen LogP contribution in [0.25, 0.3) is 0 Å². The molecule has 0 saturated carbocycles. The third kappa shape index (κ3) is 4.91. The van der Waals surface area contributed by atoms with Gasteiger partial charge in [0.2, 0.25) is 5.91 Å². The fourth-order valence-electron chi connectivity index (χ4n) is 3.31. The maximum absolute atomic E-state index is 13.3. The number of carbonyl (C=O) groups excluding carboxylic acids is 1. The Bertz CT molecular complexity index is 958. The smallest absolute Gasteiger partial charge is 0.264 e. The third-order valence-corrected chi connectivity index (χ3v) is 7.42. The van der Waals surface area contributed by atoms with Crippen molar-refractivity contribution in [1.29, 1.82) is 0 Å². The second-order valence-electron chi connectivity index (χ2n) is 7.07. The van der Waals surface area contributed by atoms with Crippen LogP contribution < -0.4 is 4.31 Å². The zero-order valence-electron chi connectivity index (χ0n) is 16.7. The van der Waals surface area contributed by atoms with E-state index in [9.17, 15) is 13.2 Å². The Balaban J connectivity index is 1.91. The first kappa shape index (κ1) is 21.6. The first-order chi connectivity index (χ1) is 13.8. The minimum atomic E-state index is -3.92. The van der Waals surface area contributed by atoms with Crippen molar-refractivity contribution in [3.8, 4) is 0 Å². The van der Waals surface area contributed by atoms with Gasteiger partial charge < -0.3 is 9.80 Å². The number of piperazine rings is 1. The summed E-state index contributed by atoms with van der Waals surface area (Å²) in [5, 5.41) is 0.458. The van der Waals surface area contributed by atoms with E-state index in [0.29, 0.717) is 23.8 Å². The van der Waals surface area contributed by atoms with E-state index >= 15 is 0 Å². The number of likely N-dealkylation sites (N-methyl/N-ethyl adjacent to an activating group) is 1. The molecule has 1 fully saturated rings.